The van der Waals surface area contributed by atoms with E-state index >= 15 is 0 Å². The van der Waals surface area contributed by atoms with Crippen LogP contribution in [0.4, 0.5) is 0 Å². The summed E-state index contributed by atoms with van der Waals surface area (Å²) < 4.78 is 21.0. The van der Waals surface area contributed by atoms with Crippen molar-refractivity contribution in [3.8, 4) is 0 Å². The van der Waals surface area contributed by atoms with Crippen LogP contribution in [0.5, 0.6) is 0 Å². The summed E-state index contributed by atoms with van der Waals surface area (Å²) in [4.78, 5) is 21.6. The van der Waals surface area contributed by atoms with Gasteiger partial charge in [0.1, 0.15) is 6.10 Å². The number of carbonyl (C=O) groups excluding carboxylic acids is 1. The zero-order chi connectivity index (χ0) is 16.3. The summed E-state index contributed by atoms with van der Waals surface area (Å²) in [6.45, 7) is 6.64. The van der Waals surface area contributed by atoms with Gasteiger partial charge in [-0.25, -0.2) is 0 Å². The normalized spacial score (nSPS) is 14.5. The van der Waals surface area contributed by atoms with Crippen molar-refractivity contribution < 1.29 is 53.1 Å². The summed E-state index contributed by atoms with van der Waals surface area (Å²) in [5.74, 6) is -1.56. The van der Waals surface area contributed by atoms with Crippen molar-refractivity contribution in [1.82, 2.24) is 0 Å². The minimum Gasteiger partial charge on any atom is -0.481 e. The van der Waals surface area contributed by atoms with Gasteiger partial charge in [-0.3, -0.25) is 9.59 Å². The second-order valence-corrected chi connectivity index (χ2v) is 4.94. The van der Waals surface area contributed by atoms with Crippen molar-refractivity contribution in [3.63, 3.8) is 0 Å². The molecule has 0 aromatic carbocycles. The van der Waals surface area contributed by atoms with E-state index < -0.39 is 18.0 Å². The number of carbonyl (C=O) groups is 2. The van der Waals surface area contributed by atoms with E-state index in [-0.39, 0.29) is 51.1 Å². The zero-order valence-electron chi connectivity index (χ0n) is 13.9. The van der Waals surface area contributed by atoms with Crippen molar-refractivity contribution in [2.45, 2.75) is 51.9 Å². The minimum absolute atomic E-state index is 0. The van der Waals surface area contributed by atoms with Gasteiger partial charge in [-0.2, -0.15) is 0 Å². The Morgan fingerprint density at radius 3 is 1.91 bits per heavy atom. The molecule has 3 unspecified atom stereocenters. The van der Waals surface area contributed by atoms with Crippen molar-refractivity contribution >= 4 is 11.9 Å². The fourth-order valence-electron chi connectivity index (χ4n) is 1.46. The molecular weight excluding hydrogens is 346 g/mol. The van der Waals surface area contributed by atoms with Crippen molar-refractivity contribution in [1.29, 1.82) is 0 Å². The Labute approximate surface area is 144 Å². The molecule has 8 heteroatoms. The van der Waals surface area contributed by atoms with Gasteiger partial charge in [0.15, 0.2) is 0 Å². The summed E-state index contributed by atoms with van der Waals surface area (Å²) in [5.41, 5.74) is 0. The first-order chi connectivity index (χ1) is 9.85. The molecular formula is C14H26O7Zn. The van der Waals surface area contributed by atoms with E-state index in [0.717, 1.165) is 0 Å². The fraction of sp³-hybridized carbons (Fsp3) is 0.857. The minimum atomic E-state index is -1.02. The van der Waals surface area contributed by atoms with Gasteiger partial charge in [-0.05, 0) is 20.8 Å². The molecule has 1 N–H and O–H groups in total. The predicted octanol–water partition coefficient (Wildman–Crippen LogP) is 1.24. The average molecular weight is 372 g/mol. The number of ether oxygens (including phenoxy) is 4. The molecule has 0 aromatic heterocycles. The standard InChI is InChI=1S/C14H26O7.Zn/c1-10(7-18-4)19-8-11(2)20-9-12(3)21-14(17)6-5-13(15)16;/h10-12H,5-9H2,1-4H3,(H,15,16);. The van der Waals surface area contributed by atoms with Crippen LogP contribution in [-0.2, 0) is 48.0 Å². The van der Waals surface area contributed by atoms with Crippen LogP contribution in [0.25, 0.3) is 0 Å². The van der Waals surface area contributed by atoms with E-state index in [9.17, 15) is 9.59 Å². The first-order valence-corrected chi connectivity index (χ1v) is 6.98. The SMILES string of the molecule is COCC(C)OCC(C)OCC(C)OC(=O)CCC(=O)O.[Zn]. The van der Waals surface area contributed by atoms with Crippen LogP contribution in [0, 0.1) is 0 Å². The Morgan fingerprint density at radius 1 is 0.909 bits per heavy atom. The number of hydrogen-bond acceptors (Lipinski definition) is 6. The van der Waals surface area contributed by atoms with Crippen LogP contribution in [0.2, 0.25) is 0 Å². The molecule has 22 heavy (non-hydrogen) atoms. The molecule has 0 rings (SSSR count). The molecule has 0 saturated heterocycles. The molecule has 126 valence electrons. The third-order valence-electron chi connectivity index (χ3n) is 2.51. The van der Waals surface area contributed by atoms with Gasteiger partial charge < -0.3 is 24.1 Å². The van der Waals surface area contributed by atoms with E-state index in [1.54, 1.807) is 14.0 Å². The summed E-state index contributed by atoms with van der Waals surface area (Å²) in [6.07, 6.45) is -0.928. The van der Waals surface area contributed by atoms with Gasteiger partial charge >= 0.3 is 11.9 Å². The molecule has 3 atom stereocenters. The molecule has 0 aliphatic carbocycles. The van der Waals surface area contributed by atoms with Gasteiger partial charge in [-0.1, -0.05) is 0 Å². The third kappa shape index (κ3) is 14.4. The van der Waals surface area contributed by atoms with E-state index in [2.05, 4.69) is 0 Å². The van der Waals surface area contributed by atoms with E-state index in [1.165, 1.54) is 0 Å². The summed E-state index contributed by atoms with van der Waals surface area (Å²) in [6, 6.07) is 0. The summed E-state index contributed by atoms with van der Waals surface area (Å²) in [5, 5.41) is 8.46. The van der Waals surface area contributed by atoms with Crippen LogP contribution in [-0.4, -0.2) is 62.3 Å². The van der Waals surface area contributed by atoms with E-state index in [1.807, 2.05) is 13.8 Å². The molecule has 0 amide bonds. The first-order valence-electron chi connectivity index (χ1n) is 6.98. The van der Waals surface area contributed by atoms with Crippen LogP contribution < -0.4 is 0 Å². The smallest absolute Gasteiger partial charge is 0.306 e. The van der Waals surface area contributed by atoms with Gasteiger partial charge in [0.05, 0.1) is 44.9 Å². The van der Waals surface area contributed by atoms with Crippen molar-refractivity contribution in [3.05, 3.63) is 0 Å². The largest absolute Gasteiger partial charge is 0.481 e. The molecule has 0 fully saturated rings. The van der Waals surface area contributed by atoms with Gasteiger partial charge in [-0.15, -0.1) is 0 Å². The Hall–Kier alpha value is -0.557. The number of esters is 1. The van der Waals surface area contributed by atoms with Crippen LogP contribution in [0.15, 0.2) is 0 Å². The summed E-state index contributed by atoms with van der Waals surface area (Å²) >= 11 is 0. The number of aliphatic carboxylic acids is 1. The monoisotopic (exact) mass is 370 g/mol. The summed E-state index contributed by atoms with van der Waals surface area (Å²) in [7, 11) is 1.61. The average Bonchev–Trinajstić information content (AvgIpc) is 2.41. The van der Waals surface area contributed by atoms with Gasteiger partial charge in [0, 0.05) is 26.6 Å². The third-order valence-corrected chi connectivity index (χ3v) is 2.51. The second-order valence-electron chi connectivity index (χ2n) is 4.94. The Kier molecular flexibility index (Phi) is 15.2. The van der Waals surface area contributed by atoms with Crippen LogP contribution in [0.1, 0.15) is 33.6 Å². The number of carboxylic acid groups (broad SMARTS) is 1. The number of carboxylic acids is 1. The zero-order valence-corrected chi connectivity index (χ0v) is 16.8. The first kappa shape index (κ1) is 23.7. The van der Waals surface area contributed by atoms with E-state index in [4.69, 9.17) is 24.1 Å². The Morgan fingerprint density at radius 2 is 1.41 bits per heavy atom. The van der Waals surface area contributed by atoms with Crippen LogP contribution >= 0.6 is 0 Å². The number of methoxy groups -OCH3 is 1. The van der Waals surface area contributed by atoms with E-state index in [0.29, 0.717) is 13.2 Å². The number of hydrogen-bond donors (Lipinski definition) is 1. The van der Waals surface area contributed by atoms with Gasteiger partial charge in [0.25, 0.3) is 0 Å². The molecule has 0 aliphatic heterocycles. The molecule has 0 bridgehead atoms. The second kappa shape index (κ2) is 14.1. The molecule has 0 heterocycles. The molecule has 0 radical (unpaired) electrons. The quantitative estimate of drug-likeness (QED) is 0.407. The Balaban J connectivity index is 0. The van der Waals surface area contributed by atoms with Crippen molar-refractivity contribution in [2.75, 3.05) is 26.9 Å². The maximum atomic E-state index is 11.3. The molecule has 0 spiro atoms. The maximum absolute atomic E-state index is 11.3. The molecule has 0 aliphatic rings. The number of rotatable bonds is 12. The fourth-order valence-corrected chi connectivity index (χ4v) is 1.46. The predicted molar refractivity (Wildman–Crippen MR) is 75.1 cm³/mol. The van der Waals surface area contributed by atoms with Crippen molar-refractivity contribution in [2.24, 2.45) is 0 Å². The molecule has 7 nitrogen and oxygen atoms in total. The molecule has 0 aromatic rings. The molecule has 0 saturated carbocycles. The topological polar surface area (TPSA) is 91.3 Å². The van der Waals surface area contributed by atoms with Crippen LogP contribution in [0.3, 0.4) is 0 Å². The van der Waals surface area contributed by atoms with Gasteiger partial charge in [0.2, 0.25) is 0 Å². The maximum Gasteiger partial charge on any atom is 0.306 e. The Bertz CT molecular complexity index is 312.